The molecule has 2 heterocycles. The minimum atomic E-state index is -3.74. The Morgan fingerprint density at radius 3 is 3.00 bits per heavy atom. The van der Waals surface area contributed by atoms with Gasteiger partial charge in [-0.3, -0.25) is 0 Å². The molecule has 2 aromatic rings. The number of rotatable bonds is 4. The van der Waals surface area contributed by atoms with Crippen molar-refractivity contribution >= 4 is 10.0 Å². The lowest BCUT2D eigenvalue weighted by molar-refractivity contribution is 0.394. The van der Waals surface area contributed by atoms with Crippen LogP contribution in [0.1, 0.15) is 25.0 Å². The molecule has 8 heteroatoms. The lowest BCUT2D eigenvalue weighted by atomic mass is 10.1. The minimum absolute atomic E-state index is 0.0638. The smallest absolute Gasteiger partial charge is 0.240 e. The van der Waals surface area contributed by atoms with Crippen molar-refractivity contribution in [3.05, 3.63) is 41.7 Å². The highest BCUT2D eigenvalue weighted by Crippen LogP contribution is 2.17. The predicted molar refractivity (Wildman–Crippen MR) is 78.2 cm³/mol. The summed E-state index contributed by atoms with van der Waals surface area (Å²) in [6.45, 7) is 2.42. The van der Waals surface area contributed by atoms with Crippen molar-refractivity contribution in [3.8, 4) is 0 Å². The van der Waals surface area contributed by atoms with Crippen LogP contribution in [-0.2, 0) is 29.4 Å². The summed E-state index contributed by atoms with van der Waals surface area (Å²) in [6.07, 6.45) is 2.07. The largest absolute Gasteiger partial charge is 0.248 e. The molecule has 0 amide bonds. The third-order valence-corrected chi connectivity index (χ3v) is 5.16. The zero-order chi connectivity index (χ0) is 15.7. The number of halogens is 1. The molecule has 1 atom stereocenters. The quantitative estimate of drug-likeness (QED) is 0.919. The highest BCUT2D eigenvalue weighted by atomic mass is 32.2. The zero-order valence-corrected chi connectivity index (χ0v) is 13.0. The van der Waals surface area contributed by atoms with Crippen LogP contribution < -0.4 is 4.72 Å². The van der Waals surface area contributed by atoms with Crippen molar-refractivity contribution in [3.63, 3.8) is 0 Å². The highest BCUT2D eigenvalue weighted by molar-refractivity contribution is 7.89. The SMILES string of the molecule is CCc1nc2n(n1)C[C@H](NS(=O)(=O)c1cccc(F)c1)CC2. The van der Waals surface area contributed by atoms with Gasteiger partial charge in [0.1, 0.15) is 11.6 Å². The van der Waals surface area contributed by atoms with Crippen LogP contribution in [0.25, 0.3) is 0 Å². The van der Waals surface area contributed by atoms with Crippen LogP contribution in [0, 0.1) is 5.82 Å². The average molecular weight is 324 g/mol. The van der Waals surface area contributed by atoms with Gasteiger partial charge in [0.15, 0.2) is 5.82 Å². The highest BCUT2D eigenvalue weighted by Gasteiger charge is 2.26. The minimum Gasteiger partial charge on any atom is -0.248 e. The number of aromatic nitrogens is 3. The molecule has 3 rings (SSSR count). The van der Waals surface area contributed by atoms with E-state index in [-0.39, 0.29) is 10.9 Å². The summed E-state index contributed by atoms with van der Waals surface area (Å²) >= 11 is 0. The van der Waals surface area contributed by atoms with E-state index in [2.05, 4.69) is 14.8 Å². The molecule has 118 valence electrons. The summed E-state index contributed by atoms with van der Waals surface area (Å²) in [5.74, 6) is 1.08. The Labute approximate surface area is 128 Å². The molecule has 1 aromatic carbocycles. The van der Waals surface area contributed by atoms with Crippen molar-refractivity contribution in [1.29, 1.82) is 0 Å². The molecular weight excluding hydrogens is 307 g/mol. The van der Waals surface area contributed by atoms with Gasteiger partial charge in [0.05, 0.1) is 11.4 Å². The first-order valence-corrected chi connectivity index (χ1v) is 8.67. The molecule has 0 radical (unpaired) electrons. The molecule has 22 heavy (non-hydrogen) atoms. The van der Waals surface area contributed by atoms with E-state index in [0.29, 0.717) is 19.4 Å². The van der Waals surface area contributed by atoms with E-state index in [1.807, 2.05) is 6.92 Å². The van der Waals surface area contributed by atoms with Crippen LogP contribution in [0.2, 0.25) is 0 Å². The van der Waals surface area contributed by atoms with Gasteiger partial charge in [-0.15, -0.1) is 0 Å². The van der Waals surface area contributed by atoms with Crippen LogP contribution in [0.5, 0.6) is 0 Å². The first-order chi connectivity index (χ1) is 10.5. The number of sulfonamides is 1. The Bertz CT molecular complexity index is 788. The second-order valence-electron chi connectivity index (χ2n) is 5.29. The van der Waals surface area contributed by atoms with Crippen LogP contribution in [0.15, 0.2) is 29.2 Å². The number of hydrogen-bond acceptors (Lipinski definition) is 4. The molecule has 0 fully saturated rings. The van der Waals surface area contributed by atoms with E-state index in [4.69, 9.17) is 0 Å². The van der Waals surface area contributed by atoms with Crippen molar-refractivity contribution in [2.75, 3.05) is 0 Å². The maximum absolute atomic E-state index is 13.2. The Hall–Kier alpha value is -1.80. The van der Waals surface area contributed by atoms with Crippen molar-refractivity contribution in [2.45, 2.75) is 43.7 Å². The molecule has 6 nitrogen and oxygen atoms in total. The van der Waals surface area contributed by atoms with E-state index in [0.717, 1.165) is 24.1 Å². The Morgan fingerprint density at radius 1 is 1.45 bits per heavy atom. The number of nitrogens with one attached hydrogen (secondary N) is 1. The van der Waals surface area contributed by atoms with Gasteiger partial charge in [-0.05, 0) is 24.6 Å². The Balaban J connectivity index is 1.76. The molecule has 0 aliphatic carbocycles. The molecule has 1 aliphatic heterocycles. The molecule has 0 saturated carbocycles. The molecule has 0 unspecified atom stereocenters. The van der Waals surface area contributed by atoms with Gasteiger partial charge in [0.25, 0.3) is 0 Å². The van der Waals surface area contributed by atoms with Crippen LogP contribution in [-0.4, -0.2) is 29.2 Å². The molecule has 0 spiro atoms. The van der Waals surface area contributed by atoms with E-state index in [1.165, 1.54) is 18.2 Å². The number of aryl methyl sites for hydroxylation is 2. The van der Waals surface area contributed by atoms with E-state index >= 15 is 0 Å². The maximum atomic E-state index is 13.2. The van der Waals surface area contributed by atoms with Crippen molar-refractivity contribution in [2.24, 2.45) is 0 Å². The van der Waals surface area contributed by atoms with Gasteiger partial charge in [-0.1, -0.05) is 13.0 Å². The van der Waals surface area contributed by atoms with Gasteiger partial charge in [0, 0.05) is 18.9 Å². The summed E-state index contributed by atoms with van der Waals surface area (Å²) < 4.78 is 42.2. The average Bonchev–Trinajstić information content (AvgIpc) is 2.89. The van der Waals surface area contributed by atoms with E-state index in [1.54, 1.807) is 4.68 Å². The van der Waals surface area contributed by atoms with Gasteiger partial charge >= 0.3 is 0 Å². The molecule has 0 bridgehead atoms. The second kappa shape index (κ2) is 5.77. The van der Waals surface area contributed by atoms with Crippen molar-refractivity contribution in [1.82, 2.24) is 19.5 Å². The van der Waals surface area contributed by atoms with Gasteiger partial charge in [-0.2, -0.15) is 5.10 Å². The summed E-state index contributed by atoms with van der Waals surface area (Å²) in [7, 11) is -3.74. The third kappa shape index (κ3) is 3.02. The number of fused-ring (bicyclic) bond motifs is 1. The topological polar surface area (TPSA) is 76.9 Å². The normalized spacial score (nSPS) is 18.2. The van der Waals surface area contributed by atoms with Gasteiger partial charge in [-0.25, -0.2) is 27.2 Å². The molecule has 1 N–H and O–H groups in total. The summed E-state index contributed by atoms with van der Waals surface area (Å²) in [4.78, 5) is 4.33. The van der Waals surface area contributed by atoms with Crippen LogP contribution >= 0.6 is 0 Å². The van der Waals surface area contributed by atoms with Crippen LogP contribution in [0.4, 0.5) is 4.39 Å². The fourth-order valence-electron chi connectivity index (χ4n) is 2.53. The molecular formula is C14H17FN4O2S. The fourth-order valence-corrected chi connectivity index (χ4v) is 3.82. The second-order valence-corrected chi connectivity index (χ2v) is 7.01. The standard InChI is InChI=1S/C14H17FN4O2S/c1-2-13-16-14-7-6-11(9-19(14)17-13)18-22(20,21)12-5-3-4-10(15)8-12/h3-5,8,11,18H,2,6-7,9H2,1H3/t11-/m1/s1. The number of nitrogens with zero attached hydrogens (tertiary/aromatic N) is 3. The summed E-state index contributed by atoms with van der Waals surface area (Å²) in [5.41, 5.74) is 0. The van der Waals surface area contributed by atoms with E-state index < -0.39 is 15.8 Å². The Kier molecular flexibility index (Phi) is 3.96. The van der Waals surface area contributed by atoms with Crippen molar-refractivity contribution < 1.29 is 12.8 Å². The lowest BCUT2D eigenvalue weighted by Crippen LogP contribution is -2.41. The van der Waals surface area contributed by atoms with Gasteiger partial charge < -0.3 is 0 Å². The molecule has 1 aliphatic rings. The maximum Gasteiger partial charge on any atom is 0.240 e. The third-order valence-electron chi connectivity index (χ3n) is 3.65. The lowest BCUT2D eigenvalue weighted by Gasteiger charge is -2.23. The first kappa shape index (κ1) is 15.1. The summed E-state index contributed by atoms with van der Waals surface area (Å²) in [5, 5.41) is 4.35. The molecule has 0 saturated heterocycles. The number of benzene rings is 1. The fraction of sp³-hybridized carbons (Fsp3) is 0.429. The summed E-state index contributed by atoms with van der Waals surface area (Å²) in [6, 6.07) is 4.72. The zero-order valence-electron chi connectivity index (χ0n) is 12.2. The molecule has 1 aromatic heterocycles. The first-order valence-electron chi connectivity index (χ1n) is 7.18. The monoisotopic (exact) mass is 324 g/mol. The Morgan fingerprint density at radius 2 is 2.27 bits per heavy atom. The van der Waals surface area contributed by atoms with Gasteiger partial charge in [0.2, 0.25) is 10.0 Å². The van der Waals surface area contributed by atoms with E-state index in [9.17, 15) is 12.8 Å². The number of hydrogen-bond donors (Lipinski definition) is 1. The predicted octanol–water partition coefficient (Wildman–Crippen LogP) is 1.27. The van der Waals surface area contributed by atoms with Crippen LogP contribution in [0.3, 0.4) is 0 Å².